The highest BCUT2D eigenvalue weighted by Crippen LogP contribution is 2.30. The van der Waals surface area contributed by atoms with Gasteiger partial charge in [0.15, 0.2) is 0 Å². The number of carbonyl (C=O) groups excluding carboxylic acids is 1. The molecule has 0 atom stereocenters. The maximum atomic E-state index is 12.0. The van der Waals surface area contributed by atoms with Gasteiger partial charge < -0.3 is 0 Å². The van der Waals surface area contributed by atoms with Crippen LogP contribution < -0.4 is 5.32 Å². The van der Waals surface area contributed by atoms with Crippen LogP contribution in [0.3, 0.4) is 0 Å². The second kappa shape index (κ2) is 6.42. The third-order valence-electron chi connectivity index (χ3n) is 3.25. The van der Waals surface area contributed by atoms with E-state index < -0.39 is 0 Å². The van der Waals surface area contributed by atoms with Crippen LogP contribution in [0.1, 0.15) is 9.67 Å². The number of aromatic nitrogens is 4. The van der Waals surface area contributed by atoms with Crippen molar-refractivity contribution in [3.05, 3.63) is 58.9 Å². The number of pyridine rings is 1. The SMILES string of the molecule is O=C(Nc1nc(Sc2ccnc3ccccc23)n[nH]1)c1cccs1. The molecule has 0 saturated carbocycles. The Labute approximate surface area is 145 Å². The molecule has 24 heavy (non-hydrogen) atoms. The van der Waals surface area contributed by atoms with Gasteiger partial charge in [0.25, 0.3) is 5.91 Å². The minimum absolute atomic E-state index is 0.202. The Hall–Kier alpha value is -2.71. The van der Waals surface area contributed by atoms with Crippen molar-refractivity contribution in [1.29, 1.82) is 0 Å². The van der Waals surface area contributed by atoms with E-state index in [4.69, 9.17) is 0 Å². The molecule has 8 heteroatoms. The number of rotatable bonds is 4. The molecule has 3 aromatic heterocycles. The summed E-state index contributed by atoms with van der Waals surface area (Å²) in [7, 11) is 0. The average molecular weight is 353 g/mol. The standard InChI is InChI=1S/C16H11N5OS2/c22-14(13-6-3-9-23-13)18-15-19-16(21-20-15)24-12-7-8-17-11-5-2-1-4-10(11)12/h1-9H,(H2,18,19,20,21,22). The Morgan fingerprint density at radius 2 is 2.08 bits per heavy atom. The second-order valence-corrected chi connectivity index (χ2v) is 6.78. The zero-order valence-corrected chi connectivity index (χ0v) is 13.9. The number of nitrogens with one attached hydrogen (secondary N) is 2. The lowest BCUT2D eigenvalue weighted by atomic mass is 10.2. The van der Waals surface area contributed by atoms with Crippen LogP contribution in [-0.2, 0) is 0 Å². The molecule has 0 saturated heterocycles. The molecule has 4 rings (SSSR count). The van der Waals surface area contributed by atoms with Crippen molar-refractivity contribution < 1.29 is 4.79 Å². The van der Waals surface area contributed by atoms with Crippen molar-refractivity contribution in [2.45, 2.75) is 10.1 Å². The van der Waals surface area contributed by atoms with Crippen molar-refractivity contribution in [2.24, 2.45) is 0 Å². The number of fused-ring (bicyclic) bond motifs is 1. The molecular formula is C16H11N5OS2. The van der Waals surface area contributed by atoms with Crippen LogP contribution in [0.25, 0.3) is 10.9 Å². The number of hydrogen-bond donors (Lipinski definition) is 2. The van der Waals surface area contributed by atoms with Gasteiger partial charge in [-0.05, 0) is 35.3 Å². The smallest absolute Gasteiger partial charge is 0.268 e. The van der Waals surface area contributed by atoms with Crippen LogP contribution in [0.2, 0.25) is 0 Å². The summed E-state index contributed by atoms with van der Waals surface area (Å²) >= 11 is 2.80. The molecule has 0 aliphatic rings. The molecule has 0 spiro atoms. The molecule has 0 bridgehead atoms. The van der Waals surface area contributed by atoms with E-state index in [1.165, 1.54) is 23.1 Å². The molecule has 4 aromatic rings. The third kappa shape index (κ3) is 3.01. The van der Waals surface area contributed by atoms with E-state index in [-0.39, 0.29) is 5.91 Å². The average Bonchev–Trinajstić information content (AvgIpc) is 3.27. The molecule has 1 amide bonds. The zero-order chi connectivity index (χ0) is 16.4. The number of aromatic amines is 1. The van der Waals surface area contributed by atoms with E-state index in [1.807, 2.05) is 41.8 Å². The monoisotopic (exact) mass is 353 g/mol. The van der Waals surface area contributed by atoms with Gasteiger partial charge in [-0.1, -0.05) is 24.3 Å². The lowest BCUT2D eigenvalue weighted by Gasteiger charge is -2.02. The largest absolute Gasteiger partial charge is 0.290 e. The number of amides is 1. The van der Waals surface area contributed by atoms with Crippen LogP contribution >= 0.6 is 23.1 Å². The number of H-pyrrole nitrogens is 1. The van der Waals surface area contributed by atoms with Crippen LogP contribution in [0.4, 0.5) is 5.95 Å². The quantitative estimate of drug-likeness (QED) is 0.583. The third-order valence-corrected chi connectivity index (χ3v) is 5.06. The highest BCUT2D eigenvalue weighted by Gasteiger charge is 2.12. The molecule has 0 aliphatic heterocycles. The summed E-state index contributed by atoms with van der Waals surface area (Å²) in [6.45, 7) is 0. The van der Waals surface area contributed by atoms with E-state index >= 15 is 0 Å². The van der Waals surface area contributed by atoms with E-state index in [9.17, 15) is 4.79 Å². The summed E-state index contributed by atoms with van der Waals surface area (Å²) in [5.74, 6) is 0.126. The van der Waals surface area contributed by atoms with Gasteiger partial charge in [0.05, 0.1) is 10.4 Å². The summed E-state index contributed by atoms with van der Waals surface area (Å²) in [6, 6.07) is 13.4. The van der Waals surface area contributed by atoms with Crippen molar-refractivity contribution in [2.75, 3.05) is 5.32 Å². The van der Waals surface area contributed by atoms with Gasteiger partial charge in [0.2, 0.25) is 11.1 Å². The number of para-hydroxylation sites is 1. The molecule has 0 aliphatic carbocycles. The van der Waals surface area contributed by atoms with Gasteiger partial charge in [0.1, 0.15) is 0 Å². The molecule has 2 N–H and O–H groups in total. The first kappa shape index (κ1) is 14.9. The zero-order valence-electron chi connectivity index (χ0n) is 12.3. The summed E-state index contributed by atoms with van der Waals surface area (Å²) < 4.78 is 0. The number of hydrogen-bond acceptors (Lipinski definition) is 6. The summed E-state index contributed by atoms with van der Waals surface area (Å²) in [5.41, 5.74) is 0.921. The Kier molecular flexibility index (Phi) is 3.97. The van der Waals surface area contributed by atoms with Crippen molar-refractivity contribution in [3.8, 4) is 0 Å². The van der Waals surface area contributed by atoms with Gasteiger partial charge in [0, 0.05) is 16.5 Å². The van der Waals surface area contributed by atoms with Crippen LogP contribution in [-0.4, -0.2) is 26.1 Å². The van der Waals surface area contributed by atoms with Gasteiger partial charge in [-0.15, -0.1) is 16.4 Å². The van der Waals surface area contributed by atoms with E-state index in [2.05, 4.69) is 25.5 Å². The Bertz CT molecular complexity index is 991. The fourth-order valence-electron chi connectivity index (χ4n) is 2.18. The van der Waals surface area contributed by atoms with Crippen molar-refractivity contribution in [1.82, 2.24) is 20.2 Å². The number of thiophene rings is 1. The maximum Gasteiger partial charge on any atom is 0.268 e. The van der Waals surface area contributed by atoms with E-state index in [0.29, 0.717) is 16.0 Å². The van der Waals surface area contributed by atoms with E-state index in [0.717, 1.165) is 15.8 Å². The molecule has 0 unspecified atom stereocenters. The van der Waals surface area contributed by atoms with Gasteiger partial charge in [-0.3, -0.25) is 15.1 Å². The first-order valence-corrected chi connectivity index (χ1v) is 8.78. The number of anilines is 1. The van der Waals surface area contributed by atoms with Crippen molar-refractivity contribution >= 4 is 45.9 Å². The van der Waals surface area contributed by atoms with Crippen LogP contribution in [0, 0.1) is 0 Å². The number of carbonyl (C=O) groups is 1. The lowest BCUT2D eigenvalue weighted by molar-refractivity contribution is 0.102. The minimum atomic E-state index is -0.202. The normalized spacial score (nSPS) is 10.8. The molecule has 0 fully saturated rings. The fourth-order valence-corrected chi connectivity index (χ4v) is 3.64. The van der Waals surface area contributed by atoms with Gasteiger partial charge in [-0.2, -0.15) is 4.98 Å². The second-order valence-electron chi connectivity index (χ2n) is 4.83. The molecule has 0 radical (unpaired) electrons. The fraction of sp³-hybridized carbons (Fsp3) is 0. The molecule has 3 heterocycles. The highest BCUT2D eigenvalue weighted by molar-refractivity contribution is 7.99. The lowest BCUT2D eigenvalue weighted by Crippen LogP contribution is -2.11. The van der Waals surface area contributed by atoms with Crippen molar-refractivity contribution in [3.63, 3.8) is 0 Å². The molecule has 1 aromatic carbocycles. The van der Waals surface area contributed by atoms with Crippen LogP contribution in [0.15, 0.2) is 64.1 Å². The minimum Gasteiger partial charge on any atom is -0.290 e. The Morgan fingerprint density at radius 3 is 2.96 bits per heavy atom. The topological polar surface area (TPSA) is 83.6 Å². The first-order valence-electron chi connectivity index (χ1n) is 7.08. The van der Waals surface area contributed by atoms with Gasteiger partial charge in [-0.25, -0.2) is 5.10 Å². The molecule has 118 valence electrons. The summed E-state index contributed by atoms with van der Waals surface area (Å²) in [4.78, 5) is 22.3. The maximum absolute atomic E-state index is 12.0. The number of benzene rings is 1. The Morgan fingerprint density at radius 1 is 1.17 bits per heavy atom. The predicted molar refractivity (Wildman–Crippen MR) is 94.5 cm³/mol. The summed E-state index contributed by atoms with van der Waals surface area (Å²) in [6.07, 6.45) is 1.76. The predicted octanol–water partition coefficient (Wildman–Crippen LogP) is 3.82. The highest BCUT2D eigenvalue weighted by atomic mass is 32.2. The molecule has 6 nitrogen and oxygen atoms in total. The van der Waals surface area contributed by atoms with Crippen LogP contribution in [0.5, 0.6) is 0 Å². The van der Waals surface area contributed by atoms with E-state index in [1.54, 1.807) is 12.3 Å². The van der Waals surface area contributed by atoms with Gasteiger partial charge >= 0.3 is 0 Å². The molecular weight excluding hydrogens is 342 g/mol. The number of nitrogens with zero attached hydrogens (tertiary/aromatic N) is 3. The summed E-state index contributed by atoms with van der Waals surface area (Å²) in [5, 5.41) is 13.0. The first-order chi connectivity index (χ1) is 11.8. The Balaban J connectivity index is 1.54.